The van der Waals surface area contributed by atoms with Crippen molar-refractivity contribution in [1.29, 1.82) is 0 Å². The summed E-state index contributed by atoms with van der Waals surface area (Å²) in [5.41, 5.74) is 1.22. The molecule has 0 radical (unpaired) electrons. The van der Waals surface area contributed by atoms with Crippen LogP contribution in [0.15, 0.2) is 16.9 Å². The van der Waals surface area contributed by atoms with Crippen LogP contribution in [-0.4, -0.2) is 44.1 Å². The molecular weight excluding hydrogens is 318 g/mol. The number of aryl methyl sites for hydroxylation is 1. The summed E-state index contributed by atoms with van der Waals surface area (Å²) in [5.74, 6) is 1.84. The van der Waals surface area contributed by atoms with E-state index in [4.69, 9.17) is 4.42 Å². The third-order valence-electron chi connectivity index (χ3n) is 5.63. The molecule has 2 aromatic rings. The van der Waals surface area contributed by atoms with Crippen molar-refractivity contribution in [3.63, 3.8) is 0 Å². The van der Waals surface area contributed by atoms with Gasteiger partial charge in [0, 0.05) is 26.2 Å². The summed E-state index contributed by atoms with van der Waals surface area (Å²) in [4.78, 5) is 23.5. The lowest BCUT2D eigenvalue weighted by Gasteiger charge is -2.24. The first-order valence-corrected chi connectivity index (χ1v) is 8.91. The number of fused-ring (bicyclic) bond motifs is 1. The second kappa shape index (κ2) is 5.89. The Bertz CT molecular complexity index is 802. The molecule has 1 saturated heterocycles. The number of carbonyl (C=O) groups excluding carboxylic acids is 1. The van der Waals surface area contributed by atoms with Crippen LogP contribution in [0.2, 0.25) is 0 Å². The Kier molecular flexibility index (Phi) is 3.81. The summed E-state index contributed by atoms with van der Waals surface area (Å²) >= 11 is 0. The van der Waals surface area contributed by atoms with Gasteiger partial charge in [0.2, 0.25) is 11.8 Å². The third kappa shape index (κ3) is 2.53. The maximum absolute atomic E-state index is 13.2. The van der Waals surface area contributed by atoms with E-state index >= 15 is 0 Å². The molecule has 1 aliphatic heterocycles. The molecule has 4 rings (SSSR count). The van der Waals surface area contributed by atoms with Gasteiger partial charge in [0.05, 0.1) is 16.7 Å². The summed E-state index contributed by atoms with van der Waals surface area (Å²) in [6, 6.07) is 0. The van der Waals surface area contributed by atoms with E-state index in [9.17, 15) is 4.79 Å². The number of nitrogens with zero attached hydrogens (tertiary/aromatic N) is 5. The van der Waals surface area contributed by atoms with Crippen LogP contribution < -0.4 is 0 Å². The van der Waals surface area contributed by atoms with Crippen LogP contribution in [0.1, 0.15) is 66.9 Å². The minimum absolute atomic E-state index is 0.00862. The molecule has 2 fully saturated rings. The van der Waals surface area contributed by atoms with Crippen LogP contribution in [0.4, 0.5) is 0 Å². The van der Waals surface area contributed by atoms with Crippen molar-refractivity contribution in [2.24, 2.45) is 5.92 Å². The highest BCUT2D eigenvalue weighted by atomic mass is 16.4. The predicted octanol–water partition coefficient (Wildman–Crippen LogP) is 2.49. The Hall–Kier alpha value is -2.31. The molecule has 1 aliphatic carbocycles. The Labute approximate surface area is 146 Å². The Morgan fingerprint density at radius 1 is 1.40 bits per heavy atom. The average molecular weight is 341 g/mol. The summed E-state index contributed by atoms with van der Waals surface area (Å²) in [5, 5.41) is 8.31. The zero-order valence-electron chi connectivity index (χ0n) is 14.9. The van der Waals surface area contributed by atoms with Crippen LogP contribution in [0, 0.1) is 12.8 Å². The molecule has 2 aromatic heterocycles. The van der Waals surface area contributed by atoms with E-state index in [2.05, 4.69) is 20.2 Å². The van der Waals surface area contributed by atoms with E-state index in [-0.39, 0.29) is 17.2 Å². The Balaban J connectivity index is 1.65. The summed E-state index contributed by atoms with van der Waals surface area (Å²) < 4.78 is 5.78. The van der Waals surface area contributed by atoms with Crippen molar-refractivity contribution in [2.75, 3.05) is 13.1 Å². The maximum Gasteiger partial charge on any atom is 0.257 e. The van der Waals surface area contributed by atoms with Gasteiger partial charge in [-0.1, -0.05) is 20.3 Å². The average Bonchev–Trinajstić information content (AvgIpc) is 3.27. The molecule has 0 bridgehead atoms. The molecule has 7 nitrogen and oxygen atoms in total. The molecule has 0 N–H and O–H groups in total. The first-order chi connectivity index (χ1) is 12.0. The van der Waals surface area contributed by atoms with E-state index in [1.54, 1.807) is 6.20 Å². The molecule has 0 aromatic carbocycles. The number of rotatable bonds is 3. The minimum Gasteiger partial charge on any atom is -0.425 e. The first kappa shape index (κ1) is 16.2. The van der Waals surface area contributed by atoms with Gasteiger partial charge < -0.3 is 9.32 Å². The Morgan fingerprint density at radius 3 is 2.96 bits per heavy atom. The van der Waals surface area contributed by atoms with Crippen LogP contribution in [0.25, 0.3) is 0 Å². The molecule has 25 heavy (non-hydrogen) atoms. The van der Waals surface area contributed by atoms with Crippen molar-refractivity contribution in [3.8, 4) is 0 Å². The Morgan fingerprint density at radius 2 is 2.24 bits per heavy atom. The molecule has 132 valence electrons. The van der Waals surface area contributed by atoms with Gasteiger partial charge >= 0.3 is 0 Å². The van der Waals surface area contributed by atoms with Gasteiger partial charge in [-0.25, -0.2) is 9.97 Å². The molecule has 0 spiro atoms. The van der Waals surface area contributed by atoms with Crippen LogP contribution in [0.5, 0.6) is 0 Å². The van der Waals surface area contributed by atoms with Crippen LogP contribution in [0.3, 0.4) is 0 Å². The zero-order chi connectivity index (χ0) is 17.6. The lowest BCUT2D eigenvalue weighted by molar-refractivity contribution is 0.0773. The van der Waals surface area contributed by atoms with Crippen molar-refractivity contribution in [2.45, 2.75) is 51.4 Å². The second-order valence-corrected chi connectivity index (χ2v) is 7.53. The van der Waals surface area contributed by atoms with Gasteiger partial charge in [-0.2, -0.15) is 0 Å². The highest BCUT2D eigenvalue weighted by Crippen LogP contribution is 2.50. The van der Waals surface area contributed by atoms with E-state index in [0.29, 0.717) is 29.8 Å². The third-order valence-corrected chi connectivity index (χ3v) is 5.63. The lowest BCUT2D eigenvalue weighted by atomic mass is 9.80. The highest BCUT2D eigenvalue weighted by molar-refractivity contribution is 5.95. The molecule has 2 atom stereocenters. The van der Waals surface area contributed by atoms with E-state index in [1.807, 2.05) is 25.7 Å². The molecule has 2 aliphatic rings. The van der Waals surface area contributed by atoms with Crippen LogP contribution in [-0.2, 0) is 5.41 Å². The molecule has 3 heterocycles. The molecule has 1 amide bonds. The monoisotopic (exact) mass is 341 g/mol. The number of aromatic nitrogens is 4. The van der Waals surface area contributed by atoms with Gasteiger partial charge in [0.1, 0.15) is 6.33 Å². The molecule has 1 saturated carbocycles. The number of hydrogen-bond donors (Lipinski definition) is 0. The molecule has 7 heteroatoms. The number of likely N-dealkylation sites (tertiary alicyclic amines) is 1. The number of hydrogen-bond acceptors (Lipinski definition) is 6. The van der Waals surface area contributed by atoms with Crippen LogP contribution >= 0.6 is 0 Å². The summed E-state index contributed by atoms with van der Waals surface area (Å²) in [6.07, 6.45) is 6.37. The fraction of sp³-hybridized carbons (Fsp3) is 0.611. The van der Waals surface area contributed by atoms with Gasteiger partial charge in [-0.15, -0.1) is 10.2 Å². The van der Waals surface area contributed by atoms with Gasteiger partial charge in [0.15, 0.2) is 0 Å². The molecular formula is C18H23N5O2. The van der Waals surface area contributed by atoms with E-state index in [1.165, 1.54) is 6.33 Å². The van der Waals surface area contributed by atoms with Crippen molar-refractivity contribution < 1.29 is 9.21 Å². The van der Waals surface area contributed by atoms with E-state index < -0.39 is 0 Å². The summed E-state index contributed by atoms with van der Waals surface area (Å²) in [7, 11) is 0. The van der Waals surface area contributed by atoms with Crippen molar-refractivity contribution in [3.05, 3.63) is 35.6 Å². The van der Waals surface area contributed by atoms with Crippen molar-refractivity contribution in [1.82, 2.24) is 25.1 Å². The predicted molar refractivity (Wildman–Crippen MR) is 90.1 cm³/mol. The largest absolute Gasteiger partial charge is 0.425 e. The standard InChI is InChI=1S/C18H23N5O2/c1-11(2)15-14(7-19-10-20-15)16(24)23-8-13-5-4-6-18(13,9-23)17-22-21-12(3)25-17/h7,10-11,13H,4-6,8-9H2,1-3H3/t13-,18-/m0/s1. The van der Waals surface area contributed by atoms with Crippen molar-refractivity contribution >= 4 is 5.91 Å². The number of amides is 1. The topological polar surface area (TPSA) is 85.0 Å². The zero-order valence-corrected chi connectivity index (χ0v) is 14.9. The van der Waals surface area contributed by atoms with Gasteiger partial charge in [-0.05, 0) is 24.7 Å². The fourth-order valence-electron chi connectivity index (χ4n) is 4.43. The first-order valence-electron chi connectivity index (χ1n) is 8.91. The lowest BCUT2D eigenvalue weighted by Crippen LogP contribution is -2.35. The summed E-state index contributed by atoms with van der Waals surface area (Å²) in [6.45, 7) is 7.25. The SMILES string of the molecule is Cc1nnc([C@]23CCC[C@H]2CN(C(=O)c2cncnc2C(C)C)C3)o1. The van der Waals surface area contributed by atoms with Gasteiger partial charge in [0.25, 0.3) is 5.91 Å². The minimum atomic E-state index is -0.190. The van der Waals surface area contributed by atoms with Gasteiger partial charge in [-0.3, -0.25) is 4.79 Å². The molecule has 0 unspecified atom stereocenters. The number of carbonyl (C=O) groups is 1. The maximum atomic E-state index is 13.2. The normalized spacial score (nSPS) is 25.6. The second-order valence-electron chi connectivity index (χ2n) is 7.53. The highest BCUT2D eigenvalue weighted by Gasteiger charge is 2.55. The smallest absolute Gasteiger partial charge is 0.257 e. The quantitative estimate of drug-likeness (QED) is 0.852. The fourth-order valence-corrected chi connectivity index (χ4v) is 4.43. The van der Waals surface area contributed by atoms with E-state index in [0.717, 1.165) is 31.5 Å².